The van der Waals surface area contributed by atoms with Crippen LogP contribution < -0.4 is 5.32 Å². The summed E-state index contributed by atoms with van der Waals surface area (Å²) < 4.78 is 19.3. The van der Waals surface area contributed by atoms with Crippen LogP contribution in [0.5, 0.6) is 0 Å². The Morgan fingerprint density at radius 3 is 2.41 bits per heavy atom. The molecule has 0 saturated heterocycles. The first kappa shape index (κ1) is 21.2. The number of nitriles is 1. The fourth-order valence-electron chi connectivity index (χ4n) is 3.90. The van der Waals surface area contributed by atoms with Crippen LogP contribution in [0, 0.1) is 29.0 Å². The van der Waals surface area contributed by atoms with Gasteiger partial charge in [-0.25, -0.2) is 9.18 Å². The second-order valence-corrected chi connectivity index (χ2v) is 7.45. The third-order valence-electron chi connectivity index (χ3n) is 5.40. The predicted octanol–water partition coefficient (Wildman–Crippen LogP) is 5.17. The minimum Gasteiger partial charge on any atom is -0.449 e. The Bertz CT molecular complexity index is 1200. The van der Waals surface area contributed by atoms with Gasteiger partial charge in [0, 0.05) is 18.9 Å². The Morgan fingerprint density at radius 1 is 1.03 bits per heavy atom. The lowest BCUT2D eigenvalue weighted by Gasteiger charge is -2.14. The Morgan fingerprint density at radius 2 is 1.72 bits per heavy atom. The van der Waals surface area contributed by atoms with E-state index in [1.165, 1.54) is 17.2 Å². The van der Waals surface area contributed by atoms with E-state index in [4.69, 9.17) is 10.00 Å². The molecule has 0 unspecified atom stereocenters. The van der Waals surface area contributed by atoms with Crippen molar-refractivity contribution < 1.29 is 13.9 Å². The number of carbonyl (C=O) groups is 1. The molecule has 158 valence electrons. The summed E-state index contributed by atoms with van der Waals surface area (Å²) in [5.74, 6) is 5.19. The molecule has 1 N–H and O–H groups in total. The van der Waals surface area contributed by atoms with E-state index in [0.29, 0.717) is 13.0 Å². The van der Waals surface area contributed by atoms with Crippen LogP contribution in [0.3, 0.4) is 0 Å². The quantitative estimate of drug-likeness (QED) is 0.454. The lowest BCUT2D eigenvalue weighted by Crippen LogP contribution is -2.26. The maximum Gasteiger partial charge on any atom is 0.407 e. The smallest absolute Gasteiger partial charge is 0.407 e. The molecule has 0 aromatic heterocycles. The highest BCUT2D eigenvalue weighted by Gasteiger charge is 2.28. The van der Waals surface area contributed by atoms with Crippen LogP contribution in [0.25, 0.3) is 11.1 Å². The highest BCUT2D eigenvalue weighted by atomic mass is 19.1. The lowest BCUT2D eigenvalue weighted by atomic mass is 9.98. The van der Waals surface area contributed by atoms with Crippen LogP contribution in [0.4, 0.5) is 9.18 Å². The van der Waals surface area contributed by atoms with Crippen LogP contribution in [0.1, 0.15) is 34.6 Å². The molecule has 0 fully saturated rings. The molecule has 1 aliphatic rings. The van der Waals surface area contributed by atoms with Gasteiger partial charge >= 0.3 is 6.09 Å². The summed E-state index contributed by atoms with van der Waals surface area (Å²) in [6.45, 7) is 0.547. The second kappa shape index (κ2) is 9.81. The summed E-state index contributed by atoms with van der Waals surface area (Å²) in [5, 5.41) is 11.4. The number of fused-ring (bicyclic) bond motifs is 3. The highest BCUT2D eigenvalue weighted by Crippen LogP contribution is 2.44. The molecule has 1 aliphatic carbocycles. The van der Waals surface area contributed by atoms with Crippen molar-refractivity contribution in [3.63, 3.8) is 0 Å². The molecular formula is C27H21FN2O2. The fourth-order valence-corrected chi connectivity index (χ4v) is 3.90. The Labute approximate surface area is 186 Å². The van der Waals surface area contributed by atoms with Gasteiger partial charge in [-0.15, -0.1) is 0 Å². The van der Waals surface area contributed by atoms with Crippen molar-refractivity contribution in [3.05, 3.63) is 94.8 Å². The monoisotopic (exact) mass is 424 g/mol. The molecule has 0 heterocycles. The number of amides is 1. The minimum absolute atomic E-state index is 0.0107. The SMILES string of the molecule is N#CCc1ccc(F)c(C#CCCNC(=O)OCC2c3ccccc3-c3ccccc32)c1. The number of rotatable bonds is 5. The molecule has 1 amide bonds. The van der Waals surface area contributed by atoms with E-state index in [-0.39, 0.29) is 24.5 Å². The number of benzene rings is 3. The largest absolute Gasteiger partial charge is 0.449 e. The average molecular weight is 424 g/mol. The van der Waals surface area contributed by atoms with E-state index in [1.807, 2.05) is 30.3 Å². The van der Waals surface area contributed by atoms with Gasteiger partial charge in [0.05, 0.1) is 18.1 Å². The number of nitrogens with one attached hydrogen (secondary N) is 1. The zero-order chi connectivity index (χ0) is 22.3. The van der Waals surface area contributed by atoms with E-state index in [0.717, 1.165) is 16.7 Å². The standard InChI is InChI=1S/C27H21FN2O2/c28-26-13-12-19(14-15-29)17-20(26)7-5-6-16-30-27(31)32-18-25-23-10-3-1-8-21(23)22-9-2-4-11-24(22)25/h1-4,8-13,17,25H,6,14,16,18H2,(H,30,31). The molecule has 0 aliphatic heterocycles. The third kappa shape index (κ3) is 4.63. The zero-order valence-electron chi connectivity index (χ0n) is 17.4. The van der Waals surface area contributed by atoms with Gasteiger partial charge in [0.1, 0.15) is 12.4 Å². The number of hydrogen-bond donors (Lipinski definition) is 1. The summed E-state index contributed by atoms with van der Waals surface area (Å²) in [6, 6.07) is 22.8. The van der Waals surface area contributed by atoms with Crippen LogP contribution in [-0.4, -0.2) is 19.2 Å². The topological polar surface area (TPSA) is 62.1 Å². The summed E-state index contributed by atoms with van der Waals surface area (Å²) in [5.41, 5.74) is 5.65. The number of halogens is 1. The van der Waals surface area contributed by atoms with Crippen LogP contribution >= 0.6 is 0 Å². The average Bonchev–Trinajstić information content (AvgIpc) is 3.13. The van der Waals surface area contributed by atoms with Crippen LogP contribution in [-0.2, 0) is 11.2 Å². The number of nitrogens with zero attached hydrogens (tertiary/aromatic N) is 1. The molecule has 4 nitrogen and oxygen atoms in total. The Kier molecular flexibility index (Phi) is 6.49. The molecule has 3 aromatic rings. The van der Waals surface area contributed by atoms with Crippen molar-refractivity contribution in [1.82, 2.24) is 5.32 Å². The van der Waals surface area contributed by atoms with E-state index in [9.17, 15) is 9.18 Å². The molecule has 4 rings (SSSR count). The van der Waals surface area contributed by atoms with Crippen molar-refractivity contribution in [2.24, 2.45) is 0 Å². The van der Waals surface area contributed by atoms with Crippen molar-refractivity contribution >= 4 is 6.09 Å². The highest BCUT2D eigenvalue weighted by molar-refractivity contribution is 5.79. The summed E-state index contributed by atoms with van der Waals surface area (Å²) >= 11 is 0. The lowest BCUT2D eigenvalue weighted by molar-refractivity contribution is 0.143. The van der Waals surface area contributed by atoms with Gasteiger partial charge in [-0.3, -0.25) is 0 Å². The number of alkyl carbamates (subject to hydrolysis) is 1. The number of hydrogen-bond acceptors (Lipinski definition) is 3. The predicted molar refractivity (Wildman–Crippen MR) is 120 cm³/mol. The minimum atomic E-state index is -0.504. The maximum absolute atomic E-state index is 13.8. The van der Waals surface area contributed by atoms with Crippen LogP contribution in [0.15, 0.2) is 66.7 Å². The third-order valence-corrected chi connectivity index (χ3v) is 5.40. The molecule has 0 saturated carbocycles. The van der Waals surface area contributed by atoms with Gasteiger partial charge in [0.2, 0.25) is 0 Å². The van der Waals surface area contributed by atoms with E-state index in [2.05, 4.69) is 41.4 Å². The Hall–Kier alpha value is -4.09. The molecule has 0 bridgehead atoms. The molecule has 5 heteroatoms. The van der Waals surface area contributed by atoms with Gasteiger partial charge in [-0.1, -0.05) is 66.4 Å². The second-order valence-electron chi connectivity index (χ2n) is 7.45. The van der Waals surface area contributed by atoms with Gasteiger partial charge in [0.15, 0.2) is 0 Å². The molecule has 0 radical (unpaired) electrons. The summed E-state index contributed by atoms with van der Waals surface area (Å²) in [6.07, 6.45) is 0.0561. The van der Waals surface area contributed by atoms with E-state index in [1.54, 1.807) is 12.1 Å². The first-order valence-corrected chi connectivity index (χ1v) is 10.4. The van der Waals surface area contributed by atoms with Gasteiger partial charge < -0.3 is 10.1 Å². The molecule has 3 aromatic carbocycles. The van der Waals surface area contributed by atoms with E-state index < -0.39 is 11.9 Å². The molecule has 0 spiro atoms. The number of ether oxygens (including phenoxy) is 1. The zero-order valence-corrected chi connectivity index (χ0v) is 17.4. The van der Waals surface area contributed by atoms with Crippen molar-refractivity contribution in [1.29, 1.82) is 5.26 Å². The van der Waals surface area contributed by atoms with Gasteiger partial charge in [-0.05, 0) is 39.9 Å². The van der Waals surface area contributed by atoms with Crippen molar-refractivity contribution in [2.45, 2.75) is 18.8 Å². The summed E-state index contributed by atoms with van der Waals surface area (Å²) in [7, 11) is 0. The molecular weight excluding hydrogens is 403 g/mol. The van der Waals surface area contributed by atoms with Crippen LogP contribution in [0.2, 0.25) is 0 Å². The first-order valence-electron chi connectivity index (χ1n) is 10.4. The summed E-state index contributed by atoms with van der Waals surface area (Å²) in [4.78, 5) is 12.2. The first-order chi connectivity index (χ1) is 15.7. The number of carbonyl (C=O) groups excluding carboxylic acids is 1. The van der Waals surface area contributed by atoms with Gasteiger partial charge in [0.25, 0.3) is 0 Å². The van der Waals surface area contributed by atoms with Crippen molar-refractivity contribution in [2.75, 3.05) is 13.2 Å². The Balaban J connectivity index is 1.29. The van der Waals surface area contributed by atoms with E-state index >= 15 is 0 Å². The van der Waals surface area contributed by atoms with Crippen molar-refractivity contribution in [3.8, 4) is 29.0 Å². The van der Waals surface area contributed by atoms with Gasteiger partial charge in [-0.2, -0.15) is 5.26 Å². The fraction of sp³-hybridized carbons (Fsp3) is 0.185. The molecule has 32 heavy (non-hydrogen) atoms. The normalized spacial score (nSPS) is 11.5. The molecule has 0 atom stereocenters. The maximum atomic E-state index is 13.8.